The van der Waals surface area contributed by atoms with Gasteiger partial charge in [-0.25, -0.2) is 4.98 Å². The number of carbonyl (C=O) groups excluding carboxylic acids is 1. The van der Waals surface area contributed by atoms with E-state index < -0.39 is 0 Å². The Morgan fingerprint density at radius 3 is 2.70 bits per heavy atom. The highest BCUT2D eigenvalue weighted by atomic mass is 35.5. The molecule has 0 saturated carbocycles. The van der Waals surface area contributed by atoms with Crippen molar-refractivity contribution in [3.8, 4) is 0 Å². The molecule has 1 amide bonds. The molecule has 152 valence electrons. The van der Waals surface area contributed by atoms with Crippen molar-refractivity contribution < 1.29 is 4.79 Å². The summed E-state index contributed by atoms with van der Waals surface area (Å²) in [6.07, 6.45) is 2.71. The van der Waals surface area contributed by atoms with Crippen molar-refractivity contribution in [3.05, 3.63) is 83.1 Å². The van der Waals surface area contributed by atoms with E-state index in [1.54, 1.807) is 22.4 Å². The first-order chi connectivity index (χ1) is 14.6. The Morgan fingerprint density at radius 2 is 1.97 bits per heavy atom. The highest BCUT2D eigenvalue weighted by Gasteiger charge is 2.21. The zero-order chi connectivity index (χ0) is 20.9. The summed E-state index contributed by atoms with van der Waals surface area (Å²) in [6.45, 7) is 2.52. The summed E-state index contributed by atoms with van der Waals surface area (Å²) in [4.78, 5) is 25.1. The molecule has 0 radical (unpaired) electrons. The highest BCUT2D eigenvalue weighted by molar-refractivity contribution is 8.00. The molecule has 4 aromatic rings. The lowest BCUT2D eigenvalue weighted by molar-refractivity contribution is -0.116. The van der Waals surface area contributed by atoms with E-state index in [9.17, 15) is 4.79 Å². The maximum absolute atomic E-state index is 13.2. The number of benzene rings is 2. The number of amides is 1. The van der Waals surface area contributed by atoms with Gasteiger partial charge in [0.2, 0.25) is 5.91 Å². The van der Waals surface area contributed by atoms with Gasteiger partial charge in [0.25, 0.3) is 0 Å². The van der Waals surface area contributed by atoms with E-state index in [4.69, 9.17) is 16.6 Å². The van der Waals surface area contributed by atoms with E-state index in [-0.39, 0.29) is 5.91 Å². The predicted molar refractivity (Wildman–Crippen MR) is 127 cm³/mol. The van der Waals surface area contributed by atoms with Gasteiger partial charge in [-0.15, -0.1) is 11.8 Å². The number of hydrogen-bond donors (Lipinski definition) is 0. The molecule has 2 aromatic carbocycles. The molecule has 7 heteroatoms. The molecule has 0 bridgehead atoms. The van der Waals surface area contributed by atoms with Crippen LogP contribution in [0.25, 0.3) is 10.2 Å². The van der Waals surface area contributed by atoms with Crippen molar-refractivity contribution >= 4 is 56.0 Å². The number of aromatic nitrogens is 2. The molecule has 0 aliphatic rings. The molecule has 4 nitrogen and oxygen atoms in total. The maximum Gasteiger partial charge on any atom is 0.239 e. The summed E-state index contributed by atoms with van der Waals surface area (Å²) in [5, 5.41) is 1.38. The van der Waals surface area contributed by atoms with Crippen LogP contribution in [0.1, 0.15) is 18.2 Å². The number of nitrogens with zero attached hydrogens (tertiary/aromatic N) is 3. The first-order valence-electron chi connectivity index (χ1n) is 9.60. The zero-order valence-electron chi connectivity index (χ0n) is 16.4. The Labute approximate surface area is 188 Å². The summed E-state index contributed by atoms with van der Waals surface area (Å²) in [5.41, 5.74) is 3.01. The molecule has 2 aromatic heterocycles. The molecule has 0 aliphatic carbocycles. The van der Waals surface area contributed by atoms with E-state index in [2.05, 4.69) is 24.0 Å². The lowest BCUT2D eigenvalue weighted by Crippen LogP contribution is -2.32. The minimum atomic E-state index is -0.00428. The molecule has 0 fully saturated rings. The van der Waals surface area contributed by atoms with E-state index in [1.165, 1.54) is 17.3 Å². The number of anilines is 1. The lowest BCUT2D eigenvalue weighted by Gasteiger charge is -2.19. The van der Waals surface area contributed by atoms with Crippen molar-refractivity contribution in [2.24, 2.45) is 0 Å². The van der Waals surface area contributed by atoms with Gasteiger partial charge in [-0.2, -0.15) is 0 Å². The average Bonchev–Trinajstić information content (AvgIpc) is 3.20. The van der Waals surface area contributed by atoms with E-state index >= 15 is 0 Å². The molecular formula is C23H20ClN3OS2. The van der Waals surface area contributed by atoms with Gasteiger partial charge in [0.15, 0.2) is 5.13 Å². The van der Waals surface area contributed by atoms with Gasteiger partial charge in [0.05, 0.1) is 28.2 Å². The molecule has 30 heavy (non-hydrogen) atoms. The molecular weight excluding hydrogens is 434 g/mol. The highest BCUT2D eigenvalue weighted by Crippen LogP contribution is 2.31. The SMILES string of the molecule is CCc1ccc2nc(N(Cc3ccccn3)C(=O)CSc3ccc(Cl)cc3)sc2c1. The van der Waals surface area contributed by atoms with Crippen molar-refractivity contribution in [1.29, 1.82) is 0 Å². The Hall–Kier alpha value is -2.41. The Kier molecular flexibility index (Phi) is 6.67. The number of thiazole rings is 1. The number of hydrogen-bond acceptors (Lipinski definition) is 5. The number of carbonyl (C=O) groups is 1. The second kappa shape index (κ2) is 9.60. The van der Waals surface area contributed by atoms with Crippen LogP contribution in [0.15, 0.2) is 71.8 Å². The number of rotatable bonds is 7. The van der Waals surface area contributed by atoms with Crippen LogP contribution in [-0.4, -0.2) is 21.6 Å². The third-order valence-corrected chi connectivity index (χ3v) is 6.89. The standard InChI is InChI=1S/C23H20ClN3OS2/c1-2-16-6-11-20-21(13-16)30-23(26-20)27(14-18-5-3-4-12-25-18)22(28)15-29-19-9-7-17(24)8-10-19/h3-13H,2,14-15H2,1H3. The summed E-state index contributed by atoms with van der Waals surface area (Å²) < 4.78 is 1.09. The fourth-order valence-corrected chi connectivity index (χ4v) is 4.91. The van der Waals surface area contributed by atoms with Gasteiger partial charge >= 0.3 is 0 Å². The number of aryl methyl sites for hydroxylation is 1. The molecule has 0 saturated heterocycles. The van der Waals surface area contributed by atoms with Crippen molar-refractivity contribution in [2.45, 2.75) is 24.8 Å². The largest absolute Gasteiger partial charge is 0.281 e. The Balaban J connectivity index is 1.60. The van der Waals surface area contributed by atoms with Crippen LogP contribution < -0.4 is 4.90 Å². The van der Waals surface area contributed by atoms with Gasteiger partial charge in [-0.1, -0.05) is 42.0 Å². The van der Waals surface area contributed by atoms with Gasteiger partial charge in [-0.05, 0) is 60.5 Å². The predicted octanol–water partition coefficient (Wildman–Crippen LogP) is 6.23. The van der Waals surface area contributed by atoms with Crippen LogP contribution >= 0.6 is 34.7 Å². The smallest absolute Gasteiger partial charge is 0.239 e. The van der Waals surface area contributed by atoms with Gasteiger partial charge in [-0.3, -0.25) is 14.7 Å². The minimum absolute atomic E-state index is 0.00428. The van der Waals surface area contributed by atoms with Crippen LogP contribution in [0.3, 0.4) is 0 Å². The van der Waals surface area contributed by atoms with Crippen LogP contribution in [0, 0.1) is 0 Å². The van der Waals surface area contributed by atoms with Crippen LogP contribution in [-0.2, 0) is 17.8 Å². The fourth-order valence-electron chi connectivity index (χ4n) is 2.96. The zero-order valence-corrected chi connectivity index (χ0v) is 18.8. The summed E-state index contributed by atoms with van der Waals surface area (Å²) in [7, 11) is 0. The number of halogens is 1. The first kappa shape index (κ1) is 20.8. The minimum Gasteiger partial charge on any atom is -0.281 e. The molecule has 0 atom stereocenters. The fraction of sp³-hybridized carbons (Fsp3) is 0.174. The molecule has 4 rings (SSSR count). The first-order valence-corrected chi connectivity index (χ1v) is 11.8. The van der Waals surface area contributed by atoms with E-state index in [0.717, 1.165) is 27.2 Å². The molecule has 0 aliphatic heterocycles. The van der Waals surface area contributed by atoms with Gasteiger partial charge in [0.1, 0.15) is 0 Å². The van der Waals surface area contributed by atoms with Crippen LogP contribution in [0.5, 0.6) is 0 Å². The third-order valence-electron chi connectivity index (χ3n) is 4.60. The molecule has 0 unspecified atom stereocenters. The molecule has 0 N–H and O–H groups in total. The summed E-state index contributed by atoms with van der Waals surface area (Å²) in [5.74, 6) is 0.306. The quantitative estimate of drug-likeness (QED) is 0.311. The van der Waals surface area contributed by atoms with Gasteiger partial charge in [0, 0.05) is 16.1 Å². The second-order valence-electron chi connectivity index (χ2n) is 6.70. The summed E-state index contributed by atoms with van der Waals surface area (Å²) >= 11 is 8.99. The van der Waals surface area contributed by atoms with E-state index in [0.29, 0.717) is 22.5 Å². The average molecular weight is 454 g/mol. The number of fused-ring (bicyclic) bond motifs is 1. The van der Waals surface area contributed by atoms with E-state index in [1.807, 2.05) is 48.5 Å². The van der Waals surface area contributed by atoms with Gasteiger partial charge < -0.3 is 0 Å². The van der Waals surface area contributed by atoms with Crippen molar-refractivity contribution in [2.75, 3.05) is 10.7 Å². The Bertz CT molecular complexity index is 1150. The molecule has 0 spiro atoms. The van der Waals surface area contributed by atoms with Crippen LogP contribution in [0.2, 0.25) is 5.02 Å². The maximum atomic E-state index is 13.2. The lowest BCUT2D eigenvalue weighted by atomic mass is 10.2. The topological polar surface area (TPSA) is 46.1 Å². The monoisotopic (exact) mass is 453 g/mol. The van der Waals surface area contributed by atoms with Crippen molar-refractivity contribution in [3.63, 3.8) is 0 Å². The normalized spacial score (nSPS) is 11.0. The number of pyridine rings is 1. The second-order valence-corrected chi connectivity index (χ2v) is 9.19. The number of thioether (sulfide) groups is 1. The third kappa shape index (κ3) is 5.01. The van der Waals surface area contributed by atoms with Crippen LogP contribution in [0.4, 0.5) is 5.13 Å². The summed E-state index contributed by atoms with van der Waals surface area (Å²) in [6, 6.07) is 19.5. The molecule has 2 heterocycles. The Morgan fingerprint density at radius 1 is 1.13 bits per heavy atom. The van der Waals surface area contributed by atoms with Crippen molar-refractivity contribution in [1.82, 2.24) is 9.97 Å².